The van der Waals surface area contributed by atoms with Crippen LogP contribution in [0.4, 0.5) is 11.9 Å². The van der Waals surface area contributed by atoms with E-state index >= 15 is 0 Å². The summed E-state index contributed by atoms with van der Waals surface area (Å²) >= 11 is 5.54. The van der Waals surface area contributed by atoms with Crippen molar-refractivity contribution in [3.05, 3.63) is 5.28 Å². The maximum Gasteiger partial charge on any atom is 0.229 e. The third-order valence-electron chi connectivity index (χ3n) is 1.14. The summed E-state index contributed by atoms with van der Waals surface area (Å²) < 4.78 is 0. The maximum absolute atomic E-state index is 5.54. The number of rotatable bonds is 2. The van der Waals surface area contributed by atoms with Gasteiger partial charge < -0.3 is 11.1 Å². The van der Waals surface area contributed by atoms with Gasteiger partial charge in [-0.3, -0.25) is 0 Å². The van der Waals surface area contributed by atoms with Gasteiger partial charge in [0.2, 0.25) is 17.2 Å². The largest absolute Gasteiger partial charge is 0.368 e. The lowest BCUT2D eigenvalue weighted by Crippen LogP contribution is -2.06. The molecule has 0 amide bonds. The van der Waals surface area contributed by atoms with Crippen LogP contribution in [0.15, 0.2) is 0 Å². The van der Waals surface area contributed by atoms with Crippen LogP contribution >= 0.6 is 11.6 Å². The normalized spacial score (nSPS) is 8.77. The van der Waals surface area contributed by atoms with Crippen LogP contribution < -0.4 is 11.1 Å². The van der Waals surface area contributed by atoms with Crippen LogP contribution in [0.3, 0.4) is 0 Å². The molecule has 0 aliphatic carbocycles. The van der Waals surface area contributed by atoms with E-state index < -0.39 is 0 Å². The molecule has 1 aromatic heterocycles. The van der Waals surface area contributed by atoms with Crippen molar-refractivity contribution < 1.29 is 0 Å². The zero-order valence-corrected chi connectivity index (χ0v) is 7.76. The van der Waals surface area contributed by atoms with E-state index in [4.69, 9.17) is 17.3 Å². The fraction of sp³-hybridized carbons (Fsp3) is 0.286. The van der Waals surface area contributed by atoms with Crippen molar-refractivity contribution in [2.75, 3.05) is 17.6 Å². The topological polar surface area (TPSA) is 76.7 Å². The number of halogens is 1. The number of nitrogens with one attached hydrogen (secondary N) is 1. The van der Waals surface area contributed by atoms with Crippen LogP contribution in [0.25, 0.3) is 0 Å². The maximum atomic E-state index is 5.54. The van der Waals surface area contributed by atoms with Crippen molar-refractivity contribution in [1.29, 1.82) is 0 Å². The van der Waals surface area contributed by atoms with Crippen LogP contribution in [-0.2, 0) is 0 Å². The van der Waals surface area contributed by atoms with Crippen molar-refractivity contribution in [3.63, 3.8) is 0 Å². The summed E-state index contributed by atoms with van der Waals surface area (Å²) in [5.74, 6) is 5.93. The van der Waals surface area contributed by atoms with Gasteiger partial charge >= 0.3 is 0 Å². The Morgan fingerprint density at radius 3 is 2.85 bits per heavy atom. The van der Waals surface area contributed by atoms with Crippen molar-refractivity contribution >= 4 is 23.5 Å². The Kier molecular flexibility index (Phi) is 3.29. The van der Waals surface area contributed by atoms with Crippen LogP contribution in [0, 0.1) is 11.8 Å². The third kappa shape index (κ3) is 3.13. The standard InChI is InChI=1S/C7H8ClN5/c1-2-3-4-10-7-12-5(8)11-6(9)13-7/h4H2,1H3,(H3,9,10,11,12,13). The molecule has 0 spiro atoms. The van der Waals surface area contributed by atoms with E-state index in [0.29, 0.717) is 12.5 Å². The molecule has 1 rings (SSSR count). The van der Waals surface area contributed by atoms with Gasteiger partial charge in [0.05, 0.1) is 6.54 Å². The number of nitrogens with zero attached hydrogens (tertiary/aromatic N) is 3. The summed E-state index contributed by atoms with van der Waals surface area (Å²) in [6.07, 6.45) is 0. The second-order valence-electron chi connectivity index (χ2n) is 2.07. The molecule has 5 nitrogen and oxygen atoms in total. The van der Waals surface area contributed by atoms with E-state index in [1.54, 1.807) is 6.92 Å². The van der Waals surface area contributed by atoms with Gasteiger partial charge in [-0.05, 0) is 18.5 Å². The minimum atomic E-state index is 0.0689. The van der Waals surface area contributed by atoms with Crippen molar-refractivity contribution in [2.45, 2.75) is 6.92 Å². The van der Waals surface area contributed by atoms with E-state index in [2.05, 4.69) is 32.1 Å². The predicted octanol–water partition coefficient (Wildman–Crippen LogP) is 0.542. The molecule has 0 radical (unpaired) electrons. The van der Waals surface area contributed by atoms with Crippen LogP contribution in [0.5, 0.6) is 0 Å². The Labute approximate surface area is 80.7 Å². The smallest absolute Gasteiger partial charge is 0.229 e. The Morgan fingerprint density at radius 2 is 2.23 bits per heavy atom. The van der Waals surface area contributed by atoms with E-state index in [9.17, 15) is 0 Å². The van der Waals surface area contributed by atoms with Gasteiger partial charge in [0.25, 0.3) is 0 Å². The summed E-state index contributed by atoms with van der Waals surface area (Å²) in [6.45, 7) is 2.20. The minimum Gasteiger partial charge on any atom is -0.368 e. The van der Waals surface area contributed by atoms with E-state index in [1.165, 1.54) is 0 Å². The lowest BCUT2D eigenvalue weighted by molar-refractivity contribution is 1.05. The lowest BCUT2D eigenvalue weighted by Gasteiger charge is -2.00. The Bertz CT molecular complexity index is 333. The van der Waals surface area contributed by atoms with Gasteiger partial charge in [0, 0.05) is 0 Å². The van der Waals surface area contributed by atoms with Crippen LogP contribution in [0.1, 0.15) is 6.92 Å². The molecule has 1 heterocycles. The molecule has 0 fully saturated rings. The SMILES string of the molecule is CC#CCNc1nc(N)nc(Cl)n1. The molecular weight excluding hydrogens is 190 g/mol. The Morgan fingerprint density at radius 1 is 1.46 bits per heavy atom. The molecule has 13 heavy (non-hydrogen) atoms. The highest BCUT2D eigenvalue weighted by atomic mass is 35.5. The molecule has 1 aromatic rings. The highest BCUT2D eigenvalue weighted by molar-refractivity contribution is 6.28. The molecule has 0 aliphatic rings. The van der Waals surface area contributed by atoms with Crippen molar-refractivity contribution in [2.24, 2.45) is 0 Å². The lowest BCUT2D eigenvalue weighted by atomic mass is 10.6. The highest BCUT2D eigenvalue weighted by Crippen LogP contribution is 2.05. The van der Waals surface area contributed by atoms with Crippen LogP contribution in [-0.4, -0.2) is 21.5 Å². The number of hydrogen-bond acceptors (Lipinski definition) is 5. The van der Waals surface area contributed by atoms with Gasteiger partial charge in [0.15, 0.2) is 0 Å². The first kappa shape index (κ1) is 9.55. The van der Waals surface area contributed by atoms with Crippen molar-refractivity contribution in [1.82, 2.24) is 15.0 Å². The number of aromatic nitrogens is 3. The average molecular weight is 198 g/mol. The number of nitrogen functional groups attached to an aromatic ring is 1. The summed E-state index contributed by atoms with van der Waals surface area (Å²) in [5.41, 5.74) is 5.34. The molecule has 68 valence electrons. The van der Waals surface area contributed by atoms with E-state index in [1.807, 2.05) is 0 Å². The first-order valence-corrected chi connectivity index (χ1v) is 3.90. The second-order valence-corrected chi connectivity index (χ2v) is 2.40. The van der Waals surface area contributed by atoms with Gasteiger partial charge in [-0.1, -0.05) is 5.92 Å². The Balaban J connectivity index is 2.69. The molecule has 6 heteroatoms. The average Bonchev–Trinajstić information content (AvgIpc) is 2.03. The fourth-order valence-corrected chi connectivity index (χ4v) is 0.823. The number of hydrogen-bond donors (Lipinski definition) is 2. The first-order valence-electron chi connectivity index (χ1n) is 3.53. The zero-order chi connectivity index (χ0) is 9.68. The molecule has 0 aromatic carbocycles. The summed E-state index contributed by atoms with van der Waals surface area (Å²) in [7, 11) is 0. The van der Waals surface area contributed by atoms with Gasteiger partial charge in [0.1, 0.15) is 0 Å². The molecule has 0 atom stereocenters. The van der Waals surface area contributed by atoms with E-state index in [-0.39, 0.29) is 11.2 Å². The van der Waals surface area contributed by atoms with Gasteiger partial charge in [-0.25, -0.2) is 0 Å². The highest BCUT2D eigenvalue weighted by Gasteiger charge is 1.99. The molecule has 0 aliphatic heterocycles. The Hall–Kier alpha value is -1.54. The summed E-state index contributed by atoms with van der Waals surface area (Å²) in [4.78, 5) is 11.2. The second kappa shape index (κ2) is 4.48. The molecular formula is C7H8ClN5. The van der Waals surface area contributed by atoms with Crippen molar-refractivity contribution in [3.8, 4) is 11.8 Å². The molecule has 0 saturated carbocycles. The van der Waals surface area contributed by atoms with Gasteiger partial charge in [-0.2, -0.15) is 15.0 Å². The molecule has 0 bridgehead atoms. The summed E-state index contributed by atoms with van der Waals surface area (Å²) in [5, 5.41) is 2.90. The first-order chi connectivity index (χ1) is 6.22. The predicted molar refractivity (Wildman–Crippen MR) is 51.2 cm³/mol. The molecule has 0 saturated heterocycles. The number of anilines is 2. The molecule has 3 N–H and O–H groups in total. The monoisotopic (exact) mass is 197 g/mol. The molecule has 0 unspecified atom stereocenters. The fourth-order valence-electron chi connectivity index (χ4n) is 0.656. The third-order valence-corrected chi connectivity index (χ3v) is 1.31. The van der Waals surface area contributed by atoms with E-state index in [0.717, 1.165) is 0 Å². The minimum absolute atomic E-state index is 0.0689. The quantitative estimate of drug-likeness (QED) is 0.677. The van der Waals surface area contributed by atoms with Gasteiger partial charge in [-0.15, -0.1) is 5.92 Å². The number of nitrogens with two attached hydrogens (primary N) is 1. The zero-order valence-electron chi connectivity index (χ0n) is 7.00. The summed E-state index contributed by atoms with van der Waals surface area (Å²) in [6, 6.07) is 0. The van der Waals surface area contributed by atoms with Crippen LogP contribution in [0.2, 0.25) is 5.28 Å².